The summed E-state index contributed by atoms with van der Waals surface area (Å²) in [4.78, 5) is 72.2. The van der Waals surface area contributed by atoms with E-state index in [1.165, 1.54) is 4.90 Å². The van der Waals surface area contributed by atoms with Crippen LogP contribution in [0.15, 0.2) is 63.0 Å². The first-order chi connectivity index (χ1) is 32.8. The zero-order valence-corrected chi connectivity index (χ0v) is 42.2. The predicted molar refractivity (Wildman–Crippen MR) is 259 cm³/mol. The first-order valence-corrected chi connectivity index (χ1v) is 25.4. The molecule has 4 N–H and O–H groups in total. The molecule has 16 heteroatoms. The molecule has 2 saturated heterocycles. The summed E-state index contributed by atoms with van der Waals surface area (Å²) in [7, 11) is 1.57. The van der Waals surface area contributed by atoms with Gasteiger partial charge in [-0.25, -0.2) is 4.79 Å². The molecule has 1 unspecified atom stereocenters. The summed E-state index contributed by atoms with van der Waals surface area (Å²) >= 11 is 0. The molecule has 16 nitrogen and oxygen atoms in total. The summed E-state index contributed by atoms with van der Waals surface area (Å²) < 4.78 is 18.3. The summed E-state index contributed by atoms with van der Waals surface area (Å²) in [5.41, 5.74) is 1.22. The van der Waals surface area contributed by atoms with Crippen molar-refractivity contribution >= 4 is 35.4 Å². The van der Waals surface area contributed by atoms with Crippen LogP contribution in [0.5, 0.6) is 0 Å². The fourth-order valence-corrected chi connectivity index (χ4v) is 11.2. The molecule has 3 fully saturated rings. The van der Waals surface area contributed by atoms with Crippen LogP contribution in [0.3, 0.4) is 0 Å². The maximum absolute atomic E-state index is 14.5. The number of esters is 1. The second-order valence-electron chi connectivity index (χ2n) is 20.9. The number of fused-ring (bicyclic) bond motifs is 3. The predicted octanol–water partition coefficient (Wildman–Crippen LogP) is 6.44. The molecule has 1 aliphatic carbocycles. The van der Waals surface area contributed by atoms with Crippen LogP contribution in [0.2, 0.25) is 0 Å². The van der Waals surface area contributed by atoms with E-state index < -0.39 is 84.2 Å². The number of allylic oxidation sites excluding steroid dienone is 6. The number of amides is 1. The number of ketones is 3. The van der Waals surface area contributed by atoms with Crippen LogP contribution < -0.4 is 0 Å². The third kappa shape index (κ3) is 14.3. The number of carbonyl (C=O) groups excluding carboxylic acids is 5. The molecule has 2 bridgehead atoms. The van der Waals surface area contributed by atoms with Gasteiger partial charge in [-0.1, -0.05) is 77.5 Å². The van der Waals surface area contributed by atoms with Crippen LogP contribution in [0.1, 0.15) is 126 Å². The van der Waals surface area contributed by atoms with Gasteiger partial charge in [-0.3, -0.25) is 19.2 Å². The lowest BCUT2D eigenvalue weighted by atomic mass is 9.69. The first-order valence-electron chi connectivity index (χ1n) is 25.4. The molecule has 0 aromatic heterocycles. The molecule has 0 radical (unpaired) electrons. The zero-order chi connectivity index (χ0) is 50.6. The van der Waals surface area contributed by atoms with Crippen LogP contribution in [0, 0.1) is 53.3 Å². The van der Waals surface area contributed by atoms with Gasteiger partial charge in [0.05, 0.1) is 37.1 Å². The Bertz CT molecular complexity index is 1970. The number of methoxy groups -OCH3 is 1. The van der Waals surface area contributed by atoms with Crippen molar-refractivity contribution in [1.82, 2.24) is 4.90 Å². The van der Waals surface area contributed by atoms with Gasteiger partial charge in [-0.05, 0) is 118 Å². The van der Waals surface area contributed by atoms with Crippen molar-refractivity contribution in [2.75, 3.05) is 26.9 Å². The Hall–Kier alpha value is -4.06. The third-order valence-electron chi connectivity index (χ3n) is 15.7. The highest BCUT2D eigenvalue weighted by molar-refractivity contribution is 6.39. The Morgan fingerprint density at radius 2 is 1.67 bits per heavy atom. The molecular weight excluding hydrogens is 885 g/mol. The Morgan fingerprint density at radius 3 is 2.35 bits per heavy atom. The highest BCUT2D eigenvalue weighted by Crippen LogP contribution is 2.41. The quantitative estimate of drug-likeness (QED) is 0.123. The van der Waals surface area contributed by atoms with E-state index in [1.807, 2.05) is 51.2 Å². The van der Waals surface area contributed by atoms with Gasteiger partial charge in [0.2, 0.25) is 5.79 Å². The molecule has 4 heterocycles. The number of cyclic esters (lactones) is 1. The van der Waals surface area contributed by atoms with Crippen molar-refractivity contribution in [2.24, 2.45) is 68.7 Å². The third-order valence-corrected chi connectivity index (χ3v) is 15.7. The summed E-state index contributed by atoms with van der Waals surface area (Å²) in [5.74, 6) is -9.27. The number of nitrogens with zero attached hydrogens (tertiary/aromatic N) is 4. The van der Waals surface area contributed by atoms with Crippen molar-refractivity contribution in [3.63, 3.8) is 0 Å². The number of hydrogen-bond acceptors (Lipinski definition) is 15. The van der Waals surface area contributed by atoms with Crippen molar-refractivity contribution in [2.45, 2.75) is 168 Å². The monoisotopic (exact) mass is 965 g/mol. The Balaban J connectivity index is 1.46. The van der Waals surface area contributed by atoms with Crippen molar-refractivity contribution in [1.29, 1.82) is 0 Å². The minimum atomic E-state index is -2.44. The second-order valence-corrected chi connectivity index (χ2v) is 20.9. The average Bonchev–Trinajstić information content (AvgIpc) is 3.88. The second kappa shape index (κ2) is 25.9. The van der Waals surface area contributed by atoms with Gasteiger partial charge in [0, 0.05) is 50.9 Å². The van der Waals surface area contributed by atoms with E-state index in [9.17, 15) is 44.4 Å². The van der Waals surface area contributed by atoms with Gasteiger partial charge in [0.1, 0.15) is 29.8 Å². The topological polar surface area (TPSA) is 234 Å². The first kappa shape index (κ1) is 55.9. The lowest BCUT2D eigenvalue weighted by Gasteiger charge is -2.42. The molecule has 5 aliphatic rings. The van der Waals surface area contributed by atoms with Gasteiger partial charge in [0.25, 0.3) is 11.7 Å². The molecule has 1 saturated carbocycles. The molecule has 69 heavy (non-hydrogen) atoms. The maximum atomic E-state index is 14.5. The van der Waals surface area contributed by atoms with E-state index in [1.54, 1.807) is 47.1 Å². The number of carbonyl (C=O) groups is 5. The largest absolute Gasteiger partial charge is 0.460 e. The van der Waals surface area contributed by atoms with Gasteiger partial charge >= 0.3 is 5.97 Å². The fourth-order valence-electron chi connectivity index (χ4n) is 11.2. The van der Waals surface area contributed by atoms with Crippen LogP contribution >= 0.6 is 0 Å². The summed E-state index contributed by atoms with van der Waals surface area (Å²) in [6.45, 7) is 12.0. The number of hydrogen-bond donors (Lipinski definition) is 4. The van der Waals surface area contributed by atoms with Gasteiger partial charge in [0.15, 0.2) is 0 Å². The summed E-state index contributed by atoms with van der Waals surface area (Å²) in [6, 6.07) is -1.35. The van der Waals surface area contributed by atoms with Crippen molar-refractivity contribution < 1.29 is 58.6 Å². The van der Waals surface area contributed by atoms with E-state index in [2.05, 4.69) is 15.4 Å². The molecule has 1 amide bonds. The molecule has 4 aliphatic heterocycles. The molecular formula is C53H80N4O12. The van der Waals surface area contributed by atoms with E-state index in [4.69, 9.17) is 14.2 Å². The Morgan fingerprint density at radius 1 is 0.913 bits per heavy atom. The van der Waals surface area contributed by atoms with E-state index in [0.29, 0.717) is 56.9 Å². The Kier molecular flexibility index (Phi) is 20.9. The van der Waals surface area contributed by atoms with Gasteiger partial charge in [-0.2, -0.15) is 5.11 Å². The van der Waals surface area contributed by atoms with Crippen LogP contribution in [-0.2, 0) is 38.2 Å². The average molecular weight is 965 g/mol. The van der Waals surface area contributed by atoms with Crippen molar-refractivity contribution in [3.05, 3.63) is 47.6 Å². The SMILES string of the molecule is CO[C@H]1C[C@@H]2CC[C@@H](C)[C@@](O)(O2)C(=O)C(=O)N2CCCC[C@H]2C(=O)O[C@H]([C@H](C)C[C@@H]2CC[C@H](C3C=NN=N3)[C@H](CO)C2)CC(=O)[C@H](C)/C=C(\C)[C@@H](O)[C@@H](CO)C(=O)[C@H](C)C[C@H](C)/C=C/C=C/C=C/1C. The highest BCUT2D eigenvalue weighted by Gasteiger charge is 2.53. The number of aliphatic hydroxyl groups is 4. The number of ether oxygens (including phenoxy) is 3. The van der Waals surface area contributed by atoms with E-state index in [0.717, 1.165) is 18.4 Å². The number of piperidine rings is 1. The zero-order valence-electron chi connectivity index (χ0n) is 42.2. The maximum Gasteiger partial charge on any atom is 0.329 e. The van der Waals surface area contributed by atoms with E-state index in [-0.39, 0.29) is 73.2 Å². The van der Waals surface area contributed by atoms with Crippen LogP contribution in [0.25, 0.3) is 0 Å². The number of aliphatic hydroxyl groups excluding tert-OH is 3. The highest BCUT2D eigenvalue weighted by atomic mass is 16.6. The minimum Gasteiger partial charge on any atom is -0.460 e. The van der Waals surface area contributed by atoms with E-state index >= 15 is 0 Å². The smallest absolute Gasteiger partial charge is 0.329 e. The summed E-state index contributed by atoms with van der Waals surface area (Å²) in [5, 5.41) is 56.2. The molecule has 0 aromatic rings. The van der Waals surface area contributed by atoms with Crippen LogP contribution in [0.4, 0.5) is 0 Å². The normalized spacial score (nSPS) is 40.5. The molecule has 384 valence electrons. The molecule has 0 aromatic carbocycles. The summed E-state index contributed by atoms with van der Waals surface area (Å²) in [6.07, 6.45) is 15.1. The Labute approximate surface area is 408 Å². The minimum absolute atomic E-state index is 0.0121. The molecule has 5 rings (SSSR count). The number of rotatable bonds is 7. The van der Waals surface area contributed by atoms with Gasteiger partial charge < -0.3 is 39.5 Å². The van der Waals surface area contributed by atoms with Crippen LogP contribution in [-0.4, -0.2) is 130 Å². The molecule has 0 spiro atoms. The number of Topliss-reactive ketones (excluding diaryl/α,β-unsaturated/α-hetero) is 3. The molecule has 16 atom stereocenters. The van der Waals surface area contributed by atoms with Crippen molar-refractivity contribution in [3.8, 4) is 0 Å². The fraction of sp³-hybridized carbons (Fsp3) is 0.736. The lowest BCUT2D eigenvalue weighted by Crippen LogP contribution is -2.61. The lowest BCUT2D eigenvalue weighted by molar-refractivity contribution is -0.265. The van der Waals surface area contributed by atoms with Gasteiger partial charge in [-0.15, -0.1) is 5.10 Å². The standard InChI is InChI=1S/C53H80N4O12/c1-31-14-10-9-11-15-32(2)46(67-8)26-40-19-17-37(7)53(66,69-40)50(63)51(64)57-21-13-12-16-44(57)52(65)68-47(34(4)24-38-18-20-41(39(25-38)29-58)43-28-54-56-55-43)27-45(60)33(3)23-36(6)49(62)42(30-59)48(61)35(5)22-31/h9-11,14-15,23,28,31,33-35,37-44,46-47,49,58-59,62,66H,12-13,16-22,24-27,29-30H2,1-8H3/b11-9+,14-10+,32-15+,36-23+/t31-,33-,34-,35-,37-,38+,39+,40+,41+,42+,43?,44+,46+,47+,49-,53-/m1/s1.